The van der Waals surface area contributed by atoms with Crippen molar-refractivity contribution in [3.05, 3.63) is 29.8 Å². The molecular weight excluding hydrogens is 202 g/mol. The SMILES string of the molecule is COc1cccc([C@H]2CN(C)C[C@H]2CO)c1. The van der Waals surface area contributed by atoms with Crippen molar-refractivity contribution in [1.29, 1.82) is 0 Å². The van der Waals surface area contributed by atoms with Gasteiger partial charge in [0.1, 0.15) is 5.75 Å². The minimum Gasteiger partial charge on any atom is -0.497 e. The normalized spacial score (nSPS) is 25.9. The maximum absolute atomic E-state index is 9.38. The van der Waals surface area contributed by atoms with Gasteiger partial charge in [-0.05, 0) is 24.7 Å². The van der Waals surface area contributed by atoms with E-state index in [2.05, 4.69) is 24.1 Å². The monoisotopic (exact) mass is 221 g/mol. The lowest BCUT2D eigenvalue weighted by Gasteiger charge is -2.17. The van der Waals surface area contributed by atoms with Gasteiger partial charge in [-0.1, -0.05) is 12.1 Å². The quantitative estimate of drug-likeness (QED) is 0.836. The maximum atomic E-state index is 9.38. The molecule has 0 saturated carbocycles. The van der Waals surface area contributed by atoms with Crippen molar-refractivity contribution in [2.24, 2.45) is 5.92 Å². The van der Waals surface area contributed by atoms with E-state index in [-0.39, 0.29) is 6.61 Å². The molecule has 0 radical (unpaired) electrons. The van der Waals surface area contributed by atoms with E-state index in [0.29, 0.717) is 11.8 Å². The summed E-state index contributed by atoms with van der Waals surface area (Å²) in [5.74, 6) is 1.66. The Morgan fingerprint density at radius 2 is 2.25 bits per heavy atom. The smallest absolute Gasteiger partial charge is 0.119 e. The van der Waals surface area contributed by atoms with Crippen LogP contribution in [0.4, 0.5) is 0 Å². The number of likely N-dealkylation sites (tertiary alicyclic amines) is 1. The van der Waals surface area contributed by atoms with E-state index < -0.39 is 0 Å². The maximum Gasteiger partial charge on any atom is 0.119 e. The molecular formula is C13H19NO2. The Balaban J connectivity index is 2.22. The standard InChI is InChI=1S/C13H19NO2/c1-14-7-11(9-15)13(8-14)10-4-3-5-12(6-10)16-2/h3-6,11,13,15H,7-9H2,1-2H3/t11-,13+/m0/s1. The van der Waals surface area contributed by atoms with Crippen LogP contribution in [0.1, 0.15) is 11.5 Å². The molecule has 16 heavy (non-hydrogen) atoms. The van der Waals surface area contributed by atoms with Crippen molar-refractivity contribution >= 4 is 0 Å². The van der Waals surface area contributed by atoms with E-state index in [4.69, 9.17) is 4.74 Å². The van der Waals surface area contributed by atoms with Crippen LogP contribution >= 0.6 is 0 Å². The molecule has 1 fully saturated rings. The molecule has 1 aromatic rings. The summed E-state index contributed by atoms with van der Waals surface area (Å²) in [7, 11) is 3.78. The van der Waals surface area contributed by atoms with E-state index in [1.165, 1.54) is 5.56 Å². The fraction of sp³-hybridized carbons (Fsp3) is 0.538. The van der Waals surface area contributed by atoms with Gasteiger partial charge in [0.25, 0.3) is 0 Å². The van der Waals surface area contributed by atoms with Gasteiger partial charge in [-0.2, -0.15) is 0 Å². The highest BCUT2D eigenvalue weighted by Gasteiger charge is 2.31. The molecule has 0 aromatic heterocycles. The molecule has 1 N–H and O–H groups in total. The minimum atomic E-state index is 0.256. The largest absolute Gasteiger partial charge is 0.497 e. The zero-order valence-corrected chi connectivity index (χ0v) is 9.89. The van der Waals surface area contributed by atoms with Gasteiger partial charge in [0.15, 0.2) is 0 Å². The first kappa shape index (κ1) is 11.4. The summed E-state index contributed by atoms with van der Waals surface area (Å²) in [5.41, 5.74) is 1.27. The van der Waals surface area contributed by atoms with Crippen molar-refractivity contribution in [3.63, 3.8) is 0 Å². The summed E-state index contributed by atoms with van der Waals surface area (Å²) in [6.07, 6.45) is 0. The van der Waals surface area contributed by atoms with Crippen LogP contribution in [0, 0.1) is 5.92 Å². The van der Waals surface area contributed by atoms with Gasteiger partial charge in [0.05, 0.1) is 7.11 Å². The summed E-state index contributed by atoms with van der Waals surface area (Å²) in [4.78, 5) is 2.27. The zero-order valence-electron chi connectivity index (χ0n) is 9.89. The molecule has 2 atom stereocenters. The van der Waals surface area contributed by atoms with Gasteiger partial charge in [-0.3, -0.25) is 0 Å². The van der Waals surface area contributed by atoms with E-state index >= 15 is 0 Å². The zero-order chi connectivity index (χ0) is 11.5. The van der Waals surface area contributed by atoms with Crippen LogP contribution in [0.5, 0.6) is 5.75 Å². The van der Waals surface area contributed by atoms with Crippen molar-refractivity contribution < 1.29 is 9.84 Å². The number of nitrogens with zero attached hydrogens (tertiary/aromatic N) is 1. The fourth-order valence-electron chi connectivity index (χ4n) is 2.52. The fourth-order valence-corrected chi connectivity index (χ4v) is 2.52. The number of benzene rings is 1. The lowest BCUT2D eigenvalue weighted by molar-refractivity contribution is 0.219. The van der Waals surface area contributed by atoms with E-state index in [9.17, 15) is 5.11 Å². The second-order valence-corrected chi connectivity index (χ2v) is 4.55. The lowest BCUT2D eigenvalue weighted by Crippen LogP contribution is -2.15. The number of aliphatic hydroxyl groups excluding tert-OH is 1. The van der Waals surface area contributed by atoms with E-state index in [0.717, 1.165) is 18.8 Å². The molecule has 1 aliphatic rings. The summed E-state index contributed by atoms with van der Waals surface area (Å²) in [5, 5.41) is 9.38. The van der Waals surface area contributed by atoms with Gasteiger partial charge in [0, 0.05) is 31.5 Å². The molecule has 0 unspecified atom stereocenters. The third-order valence-electron chi connectivity index (χ3n) is 3.38. The first-order valence-electron chi connectivity index (χ1n) is 5.68. The summed E-state index contributed by atoms with van der Waals surface area (Å²) >= 11 is 0. The number of methoxy groups -OCH3 is 1. The Hall–Kier alpha value is -1.06. The summed E-state index contributed by atoms with van der Waals surface area (Å²) in [6, 6.07) is 8.17. The van der Waals surface area contributed by atoms with Crippen LogP contribution in [-0.2, 0) is 0 Å². The van der Waals surface area contributed by atoms with Gasteiger partial charge >= 0.3 is 0 Å². The van der Waals surface area contributed by atoms with E-state index in [1.54, 1.807) is 7.11 Å². The molecule has 1 saturated heterocycles. The van der Waals surface area contributed by atoms with Crippen LogP contribution < -0.4 is 4.74 Å². The highest BCUT2D eigenvalue weighted by Crippen LogP contribution is 2.32. The highest BCUT2D eigenvalue weighted by molar-refractivity contribution is 5.32. The number of hydrogen-bond donors (Lipinski definition) is 1. The molecule has 2 rings (SSSR count). The third-order valence-corrected chi connectivity index (χ3v) is 3.38. The first-order chi connectivity index (χ1) is 7.74. The Labute approximate surface area is 96.6 Å². The molecule has 0 bridgehead atoms. The number of rotatable bonds is 3. The Kier molecular flexibility index (Phi) is 3.46. The Bertz CT molecular complexity index is 354. The predicted octanol–water partition coefficient (Wildman–Crippen LogP) is 1.33. The molecule has 88 valence electrons. The van der Waals surface area contributed by atoms with Crippen molar-refractivity contribution in [3.8, 4) is 5.75 Å². The second kappa shape index (κ2) is 4.85. The molecule has 0 amide bonds. The van der Waals surface area contributed by atoms with Gasteiger partial charge in [-0.15, -0.1) is 0 Å². The highest BCUT2D eigenvalue weighted by atomic mass is 16.5. The van der Waals surface area contributed by atoms with Crippen LogP contribution in [0.25, 0.3) is 0 Å². The van der Waals surface area contributed by atoms with Crippen LogP contribution in [0.15, 0.2) is 24.3 Å². The van der Waals surface area contributed by atoms with Crippen molar-refractivity contribution in [2.75, 3.05) is 33.9 Å². The van der Waals surface area contributed by atoms with E-state index in [1.807, 2.05) is 12.1 Å². The minimum absolute atomic E-state index is 0.256. The molecule has 1 aliphatic heterocycles. The molecule has 3 heteroatoms. The number of hydrogen-bond acceptors (Lipinski definition) is 3. The molecule has 1 heterocycles. The summed E-state index contributed by atoms with van der Waals surface area (Å²) in [6.45, 7) is 2.24. The molecule has 3 nitrogen and oxygen atoms in total. The molecule has 0 aliphatic carbocycles. The van der Waals surface area contributed by atoms with Gasteiger partial charge in [-0.25, -0.2) is 0 Å². The summed E-state index contributed by atoms with van der Waals surface area (Å²) < 4.78 is 5.23. The average molecular weight is 221 g/mol. The lowest BCUT2D eigenvalue weighted by atomic mass is 9.89. The number of ether oxygens (including phenoxy) is 1. The molecule has 0 spiro atoms. The predicted molar refractivity (Wildman–Crippen MR) is 63.8 cm³/mol. The molecule has 1 aromatic carbocycles. The van der Waals surface area contributed by atoms with Crippen molar-refractivity contribution in [2.45, 2.75) is 5.92 Å². The Morgan fingerprint density at radius 3 is 2.94 bits per heavy atom. The number of likely N-dealkylation sites (N-methyl/N-ethyl adjacent to an activating group) is 1. The first-order valence-corrected chi connectivity index (χ1v) is 5.68. The van der Waals surface area contributed by atoms with Gasteiger partial charge < -0.3 is 14.7 Å². The third kappa shape index (κ3) is 2.20. The number of aliphatic hydroxyl groups is 1. The van der Waals surface area contributed by atoms with Crippen LogP contribution in [0.3, 0.4) is 0 Å². The average Bonchev–Trinajstić information content (AvgIpc) is 2.70. The second-order valence-electron chi connectivity index (χ2n) is 4.55. The van der Waals surface area contributed by atoms with Crippen molar-refractivity contribution in [1.82, 2.24) is 4.90 Å². The van der Waals surface area contributed by atoms with Crippen LogP contribution in [0.2, 0.25) is 0 Å². The topological polar surface area (TPSA) is 32.7 Å². The van der Waals surface area contributed by atoms with Gasteiger partial charge in [0.2, 0.25) is 0 Å². The van der Waals surface area contributed by atoms with Crippen LogP contribution in [-0.4, -0.2) is 43.9 Å². The Morgan fingerprint density at radius 1 is 1.44 bits per heavy atom.